The van der Waals surface area contributed by atoms with Gasteiger partial charge in [0.2, 0.25) is 0 Å². The van der Waals surface area contributed by atoms with Crippen molar-refractivity contribution < 1.29 is 4.79 Å². The summed E-state index contributed by atoms with van der Waals surface area (Å²) >= 11 is 0. The maximum absolute atomic E-state index is 12.5. The number of H-pyrrole nitrogens is 1. The van der Waals surface area contributed by atoms with Crippen LogP contribution in [0.5, 0.6) is 0 Å². The van der Waals surface area contributed by atoms with Crippen LogP contribution >= 0.6 is 0 Å². The Bertz CT molecular complexity index is 857. The minimum atomic E-state index is -0.0878. The fraction of sp³-hybridized carbons (Fsp3) is 0.300. The first-order valence-corrected chi connectivity index (χ1v) is 8.77. The minimum absolute atomic E-state index is 0.0577. The number of fused-ring (bicyclic) bond motifs is 1. The third-order valence-corrected chi connectivity index (χ3v) is 4.80. The first kappa shape index (κ1) is 15.7. The van der Waals surface area contributed by atoms with Gasteiger partial charge in [-0.25, -0.2) is 0 Å². The number of carbonyl (C=O) groups is 1. The van der Waals surface area contributed by atoms with E-state index < -0.39 is 0 Å². The second kappa shape index (κ2) is 6.59. The lowest BCUT2D eigenvalue weighted by molar-refractivity contribution is 0.0935. The third kappa shape index (κ3) is 3.36. The quantitative estimate of drug-likeness (QED) is 0.752. The zero-order chi connectivity index (χ0) is 17.2. The Morgan fingerprint density at radius 3 is 2.96 bits per heavy atom. The van der Waals surface area contributed by atoms with Gasteiger partial charge in [0.05, 0.1) is 18.8 Å². The molecule has 5 nitrogen and oxygen atoms in total. The lowest BCUT2D eigenvalue weighted by Gasteiger charge is -2.11. The van der Waals surface area contributed by atoms with E-state index in [1.165, 1.54) is 23.2 Å². The molecule has 0 spiro atoms. The van der Waals surface area contributed by atoms with Crippen LogP contribution in [0, 0.1) is 0 Å². The number of aromatic nitrogens is 3. The minimum Gasteiger partial charge on any atom is -0.354 e. The molecule has 128 valence electrons. The first-order valence-electron chi connectivity index (χ1n) is 8.77. The summed E-state index contributed by atoms with van der Waals surface area (Å²) in [6.45, 7) is 2.71. The zero-order valence-electron chi connectivity index (χ0n) is 14.3. The van der Waals surface area contributed by atoms with Gasteiger partial charge in [-0.3, -0.25) is 9.48 Å². The van der Waals surface area contributed by atoms with E-state index in [-0.39, 0.29) is 11.9 Å². The molecule has 2 aromatic heterocycles. The molecular weight excluding hydrogens is 312 g/mol. The van der Waals surface area contributed by atoms with Crippen LogP contribution in [0.1, 0.15) is 52.3 Å². The van der Waals surface area contributed by atoms with Gasteiger partial charge in [0.25, 0.3) is 5.91 Å². The van der Waals surface area contributed by atoms with Gasteiger partial charge in [-0.2, -0.15) is 5.10 Å². The number of benzene rings is 1. The number of nitrogens with one attached hydrogen (secondary N) is 2. The van der Waals surface area contributed by atoms with Crippen LogP contribution in [0.15, 0.2) is 48.8 Å². The van der Waals surface area contributed by atoms with Crippen LogP contribution in [-0.4, -0.2) is 20.7 Å². The van der Waals surface area contributed by atoms with Crippen molar-refractivity contribution in [2.45, 2.75) is 38.8 Å². The normalized spacial score (nSPS) is 14.3. The molecule has 2 N–H and O–H groups in total. The molecular formula is C20H22N4O. The topological polar surface area (TPSA) is 62.7 Å². The fourth-order valence-corrected chi connectivity index (χ4v) is 3.38. The van der Waals surface area contributed by atoms with Gasteiger partial charge in [-0.15, -0.1) is 0 Å². The van der Waals surface area contributed by atoms with Gasteiger partial charge in [0.1, 0.15) is 5.69 Å². The smallest absolute Gasteiger partial charge is 0.268 e. The highest BCUT2D eigenvalue weighted by molar-refractivity contribution is 5.93. The Morgan fingerprint density at radius 1 is 1.32 bits per heavy atom. The molecule has 2 heterocycles. The van der Waals surface area contributed by atoms with Crippen molar-refractivity contribution in [1.82, 2.24) is 20.1 Å². The average Bonchev–Trinajstić information content (AvgIpc) is 3.31. The van der Waals surface area contributed by atoms with E-state index >= 15 is 0 Å². The summed E-state index contributed by atoms with van der Waals surface area (Å²) in [5.41, 5.74) is 5.37. The molecule has 1 unspecified atom stereocenters. The van der Waals surface area contributed by atoms with Crippen molar-refractivity contribution in [2.24, 2.45) is 0 Å². The number of rotatable bonds is 5. The lowest BCUT2D eigenvalue weighted by atomic mass is 10.2. The monoisotopic (exact) mass is 334 g/mol. The standard InChI is InChI=1S/C20H22N4O/c1-14(22-20(25)19-10-16-8-5-9-18(16)23-19)17-11-21-24(13-17)12-15-6-3-2-4-7-15/h2-4,6-7,10-11,13-14,23H,5,8-9,12H2,1H3,(H,22,25). The summed E-state index contributed by atoms with van der Waals surface area (Å²) < 4.78 is 1.90. The third-order valence-electron chi connectivity index (χ3n) is 4.80. The highest BCUT2D eigenvalue weighted by Crippen LogP contribution is 2.22. The van der Waals surface area contributed by atoms with Crippen molar-refractivity contribution in [3.63, 3.8) is 0 Å². The number of nitrogens with zero attached hydrogens (tertiary/aromatic N) is 2. The highest BCUT2D eigenvalue weighted by atomic mass is 16.1. The van der Waals surface area contributed by atoms with E-state index in [4.69, 9.17) is 0 Å². The SMILES string of the molecule is CC(NC(=O)c1cc2c([nH]1)CCC2)c1cnn(Cc2ccccc2)c1. The average molecular weight is 334 g/mol. The second-order valence-corrected chi connectivity index (χ2v) is 6.69. The van der Waals surface area contributed by atoms with E-state index in [0.717, 1.165) is 24.9 Å². The Kier molecular flexibility index (Phi) is 4.14. The van der Waals surface area contributed by atoms with Gasteiger partial charge < -0.3 is 10.3 Å². The molecule has 0 aliphatic heterocycles. The molecule has 0 fully saturated rings. The largest absolute Gasteiger partial charge is 0.354 e. The number of aryl methyl sites for hydroxylation is 2. The molecule has 1 amide bonds. The molecule has 0 saturated carbocycles. The maximum atomic E-state index is 12.5. The lowest BCUT2D eigenvalue weighted by Crippen LogP contribution is -2.26. The summed E-state index contributed by atoms with van der Waals surface area (Å²) in [7, 11) is 0. The molecule has 0 radical (unpaired) electrons. The number of hydrogen-bond donors (Lipinski definition) is 2. The number of carbonyl (C=O) groups excluding carboxylic acids is 1. The van der Waals surface area contributed by atoms with Gasteiger partial charge in [-0.05, 0) is 43.4 Å². The van der Waals surface area contributed by atoms with Crippen molar-refractivity contribution in [3.8, 4) is 0 Å². The Morgan fingerprint density at radius 2 is 2.16 bits per heavy atom. The molecule has 3 aromatic rings. The van der Waals surface area contributed by atoms with Crippen molar-refractivity contribution in [1.29, 1.82) is 0 Å². The Hall–Kier alpha value is -2.82. The molecule has 5 heteroatoms. The molecule has 1 atom stereocenters. The fourth-order valence-electron chi connectivity index (χ4n) is 3.38. The van der Waals surface area contributed by atoms with E-state index in [9.17, 15) is 4.79 Å². The summed E-state index contributed by atoms with van der Waals surface area (Å²) in [5, 5.41) is 7.47. The van der Waals surface area contributed by atoms with E-state index in [0.29, 0.717) is 5.69 Å². The summed E-state index contributed by atoms with van der Waals surface area (Å²) in [6.07, 6.45) is 7.11. The van der Waals surface area contributed by atoms with Crippen LogP contribution in [0.25, 0.3) is 0 Å². The van der Waals surface area contributed by atoms with Crippen molar-refractivity contribution in [2.75, 3.05) is 0 Å². The molecule has 0 saturated heterocycles. The van der Waals surface area contributed by atoms with Gasteiger partial charge in [0, 0.05) is 17.5 Å². The summed E-state index contributed by atoms with van der Waals surface area (Å²) in [4.78, 5) is 15.7. The zero-order valence-corrected chi connectivity index (χ0v) is 14.3. The predicted octanol–water partition coefficient (Wildman–Crippen LogP) is 3.24. The number of hydrogen-bond acceptors (Lipinski definition) is 2. The van der Waals surface area contributed by atoms with Crippen molar-refractivity contribution >= 4 is 5.91 Å². The van der Waals surface area contributed by atoms with Crippen molar-refractivity contribution in [3.05, 3.63) is 76.9 Å². The Balaban J connectivity index is 1.40. The molecule has 4 rings (SSSR count). The number of amides is 1. The van der Waals surface area contributed by atoms with Gasteiger partial charge in [0.15, 0.2) is 0 Å². The summed E-state index contributed by atoms with van der Waals surface area (Å²) in [6, 6.07) is 12.1. The first-order chi connectivity index (χ1) is 12.2. The summed E-state index contributed by atoms with van der Waals surface area (Å²) in [5.74, 6) is -0.0577. The number of aromatic amines is 1. The molecule has 25 heavy (non-hydrogen) atoms. The molecule has 1 aliphatic rings. The van der Waals surface area contributed by atoms with Crippen LogP contribution in [0.4, 0.5) is 0 Å². The van der Waals surface area contributed by atoms with Crippen LogP contribution in [0.2, 0.25) is 0 Å². The maximum Gasteiger partial charge on any atom is 0.268 e. The van der Waals surface area contributed by atoms with Gasteiger partial charge >= 0.3 is 0 Å². The van der Waals surface area contributed by atoms with Crippen LogP contribution in [-0.2, 0) is 19.4 Å². The second-order valence-electron chi connectivity index (χ2n) is 6.69. The van der Waals surface area contributed by atoms with E-state index in [1.54, 1.807) is 0 Å². The molecule has 0 bridgehead atoms. The Labute approximate surface area is 147 Å². The predicted molar refractivity (Wildman–Crippen MR) is 96.5 cm³/mol. The highest BCUT2D eigenvalue weighted by Gasteiger charge is 2.19. The molecule has 1 aromatic carbocycles. The van der Waals surface area contributed by atoms with Crippen LogP contribution < -0.4 is 5.32 Å². The van der Waals surface area contributed by atoms with E-state index in [2.05, 4.69) is 27.5 Å². The molecule has 1 aliphatic carbocycles. The van der Waals surface area contributed by atoms with E-state index in [1.807, 2.05) is 48.3 Å². The van der Waals surface area contributed by atoms with Gasteiger partial charge in [-0.1, -0.05) is 30.3 Å². The van der Waals surface area contributed by atoms with Crippen LogP contribution in [0.3, 0.4) is 0 Å².